The number of carbonyl (C=O) groups is 2. The number of piperidine rings is 1. The second kappa shape index (κ2) is 7.61. The normalized spacial score (nSPS) is 17.1. The third kappa shape index (κ3) is 6.88. The first-order valence-corrected chi connectivity index (χ1v) is 7.28. The monoisotopic (exact) mass is 313 g/mol. The van der Waals surface area contributed by atoms with Crippen LogP contribution in [-0.4, -0.2) is 47.7 Å². The zero-order chi connectivity index (χ0) is 15.2. The Morgan fingerprint density at radius 3 is 2.40 bits per heavy atom. The van der Waals surface area contributed by atoms with Crippen LogP contribution in [0, 0.1) is 5.92 Å². The number of rotatable bonds is 5. The fourth-order valence-electron chi connectivity index (χ4n) is 2.06. The van der Waals surface area contributed by atoms with Crippen molar-refractivity contribution in [2.24, 2.45) is 11.7 Å². The van der Waals surface area contributed by atoms with Crippen LogP contribution in [0.25, 0.3) is 0 Å². The van der Waals surface area contributed by atoms with Crippen LogP contribution in [0.2, 0.25) is 0 Å². The van der Waals surface area contributed by atoms with Crippen molar-refractivity contribution >= 4 is 23.7 Å². The number of alkyl halides is 3. The number of hydrogen-bond acceptors (Lipinski definition) is 3. The van der Waals surface area contributed by atoms with E-state index in [0.717, 1.165) is 0 Å². The number of amides is 3. The van der Waals surface area contributed by atoms with Crippen molar-refractivity contribution in [3.8, 4) is 0 Å². The van der Waals surface area contributed by atoms with Gasteiger partial charge in [-0.2, -0.15) is 13.2 Å². The van der Waals surface area contributed by atoms with E-state index in [1.807, 2.05) is 0 Å². The molecule has 1 saturated heterocycles. The van der Waals surface area contributed by atoms with Crippen LogP contribution in [0.4, 0.5) is 18.0 Å². The number of primary amides is 1. The molecule has 0 aromatic heterocycles. The number of thioether (sulfide) groups is 1. The number of nitrogens with zero attached hydrogens (tertiary/aromatic N) is 1. The molecule has 0 spiro atoms. The molecule has 3 amide bonds. The maximum atomic E-state index is 11.9. The minimum Gasteiger partial charge on any atom is -0.370 e. The summed E-state index contributed by atoms with van der Waals surface area (Å²) < 4.78 is 35.7. The zero-order valence-corrected chi connectivity index (χ0v) is 11.7. The van der Waals surface area contributed by atoms with Crippen LogP contribution in [0.15, 0.2) is 0 Å². The minimum atomic E-state index is -4.27. The van der Waals surface area contributed by atoms with Crippen LogP contribution in [0.1, 0.15) is 19.3 Å². The van der Waals surface area contributed by atoms with Gasteiger partial charge in [0.05, 0.1) is 0 Å². The molecule has 1 fully saturated rings. The fraction of sp³-hybridized carbons (Fsp3) is 0.818. The Kier molecular flexibility index (Phi) is 6.44. The highest BCUT2D eigenvalue weighted by molar-refractivity contribution is 8.00. The number of likely N-dealkylation sites (tertiary alicyclic amines) is 1. The zero-order valence-electron chi connectivity index (χ0n) is 10.9. The lowest BCUT2D eigenvalue weighted by molar-refractivity contribution is -0.119. The summed E-state index contributed by atoms with van der Waals surface area (Å²) in [5, 5.41) is 2.46. The molecule has 116 valence electrons. The standard InChI is InChI=1S/C11H18F3N3O2S/c12-11(13,14)20-6-3-16-10(19)17-4-1-8(2-5-17)7-9(15)18/h8H,1-7H2,(H2,15,18)(H,16,19). The van der Waals surface area contributed by atoms with Crippen molar-refractivity contribution in [2.75, 3.05) is 25.4 Å². The fourth-order valence-corrected chi connectivity index (χ4v) is 2.50. The van der Waals surface area contributed by atoms with Crippen LogP contribution in [0.5, 0.6) is 0 Å². The Balaban J connectivity index is 2.18. The van der Waals surface area contributed by atoms with Gasteiger partial charge in [-0.05, 0) is 30.5 Å². The van der Waals surface area contributed by atoms with E-state index in [0.29, 0.717) is 32.4 Å². The molecule has 0 unspecified atom stereocenters. The lowest BCUT2D eigenvalue weighted by Gasteiger charge is -2.31. The van der Waals surface area contributed by atoms with Crippen LogP contribution in [-0.2, 0) is 4.79 Å². The van der Waals surface area contributed by atoms with Crippen molar-refractivity contribution in [3.63, 3.8) is 0 Å². The van der Waals surface area contributed by atoms with Crippen molar-refractivity contribution in [2.45, 2.75) is 24.8 Å². The van der Waals surface area contributed by atoms with Gasteiger partial charge in [-0.25, -0.2) is 4.79 Å². The van der Waals surface area contributed by atoms with E-state index in [1.165, 1.54) is 0 Å². The first-order valence-electron chi connectivity index (χ1n) is 6.29. The van der Waals surface area contributed by atoms with Gasteiger partial charge < -0.3 is 16.0 Å². The number of carbonyl (C=O) groups excluding carboxylic acids is 2. The van der Waals surface area contributed by atoms with Gasteiger partial charge in [0.1, 0.15) is 0 Å². The Morgan fingerprint density at radius 2 is 1.90 bits per heavy atom. The van der Waals surface area contributed by atoms with Gasteiger partial charge in [-0.3, -0.25) is 4.79 Å². The second-order valence-corrected chi connectivity index (χ2v) is 5.79. The molecule has 3 N–H and O–H groups in total. The molecule has 0 aromatic carbocycles. The molecular formula is C11H18F3N3O2S. The van der Waals surface area contributed by atoms with E-state index < -0.39 is 5.51 Å². The maximum absolute atomic E-state index is 11.9. The van der Waals surface area contributed by atoms with Gasteiger partial charge in [0.15, 0.2) is 0 Å². The smallest absolute Gasteiger partial charge is 0.370 e. The molecule has 1 aliphatic rings. The second-order valence-electron chi connectivity index (χ2n) is 4.63. The summed E-state index contributed by atoms with van der Waals surface area (Å²) >= 11 is -0.155. The minimum absolute atomic E-state index is 0.0236. The Labute approximate surface area is 119 Å². The summed E-state index contributed by atoms with van der Waals surface area (Å²) in [4.78, 5) is 24.0. The molecule has 0 radical (unpaired) electrons. The highest BCUT2D eigenvalue weighted by Gasteiger charge is 2.28. The van der Waals surface area contributed by atoms with Gasteiger partial charge >= 0.3 is 11.5 Å². The third-order valence-corrected chi connectivity index (χ3v) is 3.77. The summed E-state index contributed by atoms with van der Waals surface area (Å²) in [6.07, 6.45) is 1.69. The van der Waals surface area contributed by atoms with E-state index in [9.17, 15) is 22.8 Å². The molecule has 9 heteroatoms. The molecule has 0 atom stereocenters. The third-order valence-electron chi connectivity index (χ3n) is 3.04. The predicted molar refractivity (Wildman–Crippen MR) is 70.0 cm³/mol. The lowest BCUT2D eigenvalue weighted by Crippen LogP contribution is -2.45. The van der Waals surface area contributed by atoms with E-state index in [1.54, 1.807) is 4.90 Å². The quantitative estimate of drug-likeness (QED) is 0.756. The lowest BCUT2D eigenvalue weighted by atomic mass is 9.93. The Bertz CT molecular complexity index is 344. The molecule has 1 heterocycles. The average molecular weight is 313 g/mol. The first-order chi connectivity index (χ1) is 9.28. The largest absolute Gasteiger partial charge is 0.441 e. The SMILES string of the molecule is NC(=O)CC1CCN(C(=O)NCCSC(F)(F)F)CC1. The van der Waals surface area contributed by atoms with Gasteiger partial charge in [0.2, 0.25) is 5.91 Å². The summed E-state index contributed by atoms with van der Waals surface area (Å²) in [5.41, 5.74) is 0.842. The molecule has 0 aromatic rings. The topological polar surface area (TPSA) is 75.4 Å². The van der Waals surface area contributed by atoms with Crippen LogP contribution < -0.4 is 11.1 Å². The maximum Gasteiger partial charge on any atom is 0.441 e. The molecule has 0 bridgehead atoms. The van der Waals surface area contributed by atoms with Gasteiger partial charge in [-0.1, -0.05) is 0 Å². The van der Waals surface area contributed by atoms with E-state index in [2.05, 4.69) is 5.32 Å². The molecule has 1 rings (SSSR count). The molecule has 5 nitrogen and oxygen atoms in total. The van der Waals surface area contributed by atoms with E-state index in [4.69, 9.17) is 5.73 Å². The average Bonchev–Trinajstić information content (AvgIpc) is 2.33. The van der Waals surface area contributed by atoms with Crippen LogP contribution >= 0.6 is 11.8 Å². The Hall–Kier alpha value is -1.12. The van der Waals surface area contributed by atoms with Crippen LogP contribution in [0.3, 0.4) is 0 Å². The highest BCUT2D eigenvalue weighted by Crippen LogP contribution is 2.29. The number of urea groups is 1. The van der Waals surface area contributed by atoms with Crippen molar-refractivity contribution < 1.29 is 22.8 Å². The molecule has 20 heavy (non-hydrogen) atoms. The number of nitrogens with two attached hydrogens (primary N) is 1. The highest BCUT2D eigenvalue weighted by atomic mass is 32.2. The summed E-state index contributed by atoms with van der Waals surface area (Å²) in [6, 6.07) is -0.356. The number of nitrogens with one attached hydrogen (secondary N) is 1. The number of halogens is 3. The predicted octanol–water partition coefficient (Wildman–Crippen LogP) is 1.54. The molecular weight excluding hydrogens is 295 g/mol. The van der Waals surface area contributed by atoms with E-state index in [-0.39, 0.29) is 41.9 Å². The van der Waals surface area contributed by atoms with E-state index >= 15 is 0 Å². The summed E-state index contributed by atoms with van der Waals surface area (Å²) in [5.74, 6) is -0.359. The molecule has 0 aliphatic carbocycles. The first kappa shape index (κ1) is 16.9. The van der Waals surface area contributed by atoms with Crippen molar-refractivity contribution in [1.82, 2.24) is 10.2 Å². The van der Waals surface area contributed by atoms with Crippen molar-refractivity contribution in [3.05, 3.63) is 0 Å². The van der Waals surface area contributed by atoms with Crippen molar-refractivity contribution in [1.29, 1.82) is 0 Å². The van der Waals surface area contributed by atoms with Gasteiger partial charge in [-0.15, -0.1) is 0 Å². The van der Waals surface area contributed by atoms with Gasteiger partial charge in [0, 0.05) is 31.8 Å². The summed E-state index contributed by atoms with van der Waals surface area (Å²) in [6.45, 7) is 0.969. The molecule has 0 saturated carbocycles. The van der Waals surface area contributed by atoms with Gasteiger partial charge in [0.25, 0.3) is 0 Å². The summed E-state index contributed by atoms with van der Waals surface area (Å²) in [7, 11) is 0. The number of hydrogen-bond donors (Lipinski definition) is 2. The molecule has 1 aliphatic heterocycles. The Morgan fingerprint density at radius 1 is 1.30 bits per heavy atom.